The maximum atomic E-state index is 5.88. The maximum Gasteiger partial charge on any atom is 0.0847 e. The lowest BCUT2D eigenvalue weighted by Gasteiger charge is -2.23. The molecule has 2 rings (SSSR count). The first-order chi connectivity index (χ1) is 5.38. The van der Waals surface area contributed by atoms with Gasteiger partial charge in [-0.25, -0.2) is 0 Å². The predicted octanol–water partition coefficient (Wildman–Crippen LogP) is 1.10. The second kappa shape index (κ2) is 2.68. The Morgan fingerprint density at radius 2 is 2.55 bits per heavy atom. The lowest BCUT2D eigenvalue weighted by molar-refractivity contribution is 0.663. The minimum atomic E-state index is 0.681. The van der Waals surface area contributed by atoms with Gasteiger partial charge in [-0.3, -0.25) is 14.7 Å². The molecule has 58 valence electrons. The molecule has 0 aliphatic carbocycles. The third kappa shape index (κ3) is 1.17. The molecule has 0 aromatic carbocycles. The van der Waals surface area contributed by atoms with Crippen molar-refractivity contribution in [3.63, 3.8) is 0 Å². The van der Waals surface area contributed by atoms with Crippen LogP contribution < -0.4 is 9.74 Å². The highest BCUT2D eigenvalue weighted by Gasteiger charge is 2.13. The van der Waals surface area contributed by atoms with Gasteiger partial charge >= 0.3 is 0 Å². The molecule has 1 aliphatic rings. The lowest BCUT2D eigenvalue weighted by atomic mass is 10.2. The molecule has 4 heteroatoms. The van der Waals surface area contributed by atoms with Crippen LogP contribution in [-0.2, 0) is 6.54 Å². The molecule has 0 saturated carbocycles. The van der Waals surface area contributed by atoms with Gasteiger partial charge in [0.2, 0.25) is 0 Å². The zero-order valence-electron chi connectivity index (χ0n) is 5.92. The van der Waals surface area contributed by atoms with E-state index in [4.69, 9.17) is 11.8 Å². The minimum Gasteiger partial charge on any atom is -0.293 e. The number of nitrogens with zero attached hydrogens (tertiary/aromatic N) is 2. The van der Waals surface area contributed by atoms with Crippen molar-refractivity contribution in [3.8, 4) is 0 Å². The fourth-order valence-corrected chi connectivity index (χ4v) is 1.38. The average molecular weight is 170 g/mol. The van der Waals surface area contributed by atoms with E-state index < -0.39 is 0 Å². The van der Waals surface area contributed by atoms with Gasteiger partial charge in [0.15, 0.2) is 0 Å². The van der Waals surface area contributed by atoms with Crippen LogP contribution in [-0.4, -0.2) is 11.7 Å². The number of fused-ring (bicyclic) bond motifs is 1. The Kier molecular flexibility index (Phi) is 1.68. The van der Waals surface area contributed by atoms with Crippen LogP contribution in [0.4, 0.5) is 5.69 Å². The first-order valence-corrected chi connectivity index (χ1v) is 3.79. The van der Waals surface area contributed by atoms with Crippen LogP contribution in [0.15, 0.2) is 18.3 Å². The summed E-state index contributed by atoms with van der Waals surface area (Å²) in [4.78, 5) is 4.18. The molecule has 0 unspecified atom stereocenters. The Labute approximate surface area is 70.1 Å². The fourth-order valence-electron chi connectivity index (χ4n) is 1.14. The average Bonchev–Trinajstić information content (AvgIpc) is 2.06. The van der Waals surface area contributed by atoms with Crippen LogP contribution in [0.2, 0.25) is 0 Å². The summed E-state index contributed by atoms with van der Waals surface area (Å²) in [6.07, 6.45) is 1.77. The van der Waals surface area contributed by atoms with Gasteiger partial charge < -0.3 is 0 Å². The predicted molar refractivity (Wildman–Crippen MR) is 44.3 cm³/mol. The van der Waals surface area contributed by atoms with E-state index in [-0.39, 0.29) is 0 Å². The molecule has 0 radical (unpaired) electrons. The van der Waals surface area contributed by atoms with Crippen molar-refractivity contribution in [2.45, 2.75) is 6.54 Å². The van der Waals surface area contributed by atoms with Crippen molar-refractivity contribution >= 4 is 17.5 Å². The normalized spacial score (nSPS) is 16.3. The molecular formula is C7H8ClN3. The topological polar surface area (TPSA) is 28.2 Å². The number of aromatic nitrogens is 1. The Balaban J connectivity index is 2.44. The number of pyridine rings is 1. The van der Waals surface area contributed by atoms with E-state index in [1.54, 1.807) is 10.6 Å². The molecule has 1 aliphatic heterocycles. The van der Waals surface area contributed by atoms with Gasteiger partial charge in [-0.15, -0.1) is 0 Å². The second-order valence-corrected chi connectivity index (χ2v) is 2.82. The fraction of sp³-hybridized carbons (Fsp3) is 0.286. The number of rotatable bonds is 0. The van der Waals surface area contributed by atoms with Gasteiger partial charge in [0.1, 0.15) is 0 Å². The van der Waals surface area contributed by atoms with Gasteiger partial charge in [0.05, 0.1) is 18.1 Å². The summed E-state index contributed by atoms with van der Waals surface area (Å²) in [5, 5.41) is 3.12. The smallest absolute Gasteiger partial charge is 0.0847 e. The van der Waals surface area contributed by atoms with Gasteiger partial charge in [-0.1, -0.05) is 0 Å². The van der Waals surface area contributed by atoms with Crippen molar-refractivity contribution in [1.29, 1.82) is 0 Å². The van der Waals surface area contributed by atoms with Gasteiger partial charge in [-0.2, -0.15) is 0 Å². The summed E-state index contributed by atoms with van der Waals surface area (Å²) in [6.45, 7) is 1.49. The van der Waals surface area contributed by atoms with Gasteiger partial charge in [0, 0.05) is 24.5 Å². The highest BCUT2D eigenvalue weighted by molar-refractivity contribution is 6.25. The van der Waals surface area contributed by atoms with Crippen LogP contribution in [0, 0.1) is 0 Å². The highest BCUT2D eigenvalue weighted by atomic mass is 35.5. The van der Waals surface area contributed by atoms with E-state index in [2.05, 4.69) is 10.3 Å². The van der Waals surface area contributed by atoms with Crippen LogP contribution in [0.3, 0.4) is 0 Å². The zero-order valence-corrected chi connectivity index (χ0v) is 6.67. The molecule has 1 aromatic heterocycles. The highest BCUT2D eigenvalue weighted by Crippen LogP contribution is 2.21. The molecule has 1 aromatic rings. The first kappa shape index (κ1) is 6.88. The summed E-state index contributed by atoms with van der Waals surface area (Å²) in [6, 6.07) is 3.86. The van der Waals surface area contributed by atoms with E-state index in [1.807, 2.05) is 12.1 Å². The molecule has 0 amide bonds. The van der Waals surface area contributed by atoms with Crippen molar-refractivity contribution in [2.75, 3.05) is 11.1 Å². The number of anilines is 1. The summed E-state index contributed by atoms with van der Waals surface area (Å²) in [7, 11) is 0. The SMILES string of the molecule is ClN1CNCc2ncccc21. The van der Waals surface area contributed by atoms with Gasteiger partial charge in [-0.05, 0) is 12.1 Å². The number of hydrogen-bond donors (Lipinski definition) is 1. The number of halogens is 1. The van der Waals surface area contributed by atoms with Crippen molar-refractivity contribution < 1.29 is 0 Å². The Morgan fingerprint density at radius 3 is 3.36 bits per heavy atom. The van der Waals surface area contributed by atoms with Crippen molar-refractivity contribution in [2.24, 2.45) is 0 Å². The molecule has 3 nitrogen and oxygen atoms in total. The zero-order chi connectivity index (χ0) is 7.68. The summed E-state index contributed by atoms with van der Waals surface area (Å²) in [5.41, 5.74) is 2.02. The Hall–Kier alpha value is -0.800. The third-order valence-corrected chi connectivity index (χ3v) is 1.97. The summed E-state index contributed by atoms with van der Waals surface area (Å²) >= 11 is 5.88. The van der Waals surface area contributed by atoms with E-state index in [0.717, 1.165) is 17.9 Å². The first-order valence-electron chi connectivity index (χ1n) is 3.46. The van der Waals surface area contributed by atoms with Crippen LogP contribution in [0.5, 0.6) is 0 Å². The standard InChI is InChI=1S/C7H8ClN3/c8-11-5-9-4-6-7(11)2-1-3-10-6/h1-3,9H,4-5H2. The molecule has 0 spiro atoms. The molecule has 0 bridgehead atoms. The van der Waals surface area contributed by atoms with E-state index in [1.165, 1.54) is 0 Å². The summed E-state index contributed by atoms with van der Waals surface area (Å²) in [5.74, 6) is 0. The minimum absolute atomic E-state index is 0.681. The Bertz CT molecular complexity index is 264. The van der Waals surface area contributed by atoms with Crippen molar-refractivity contribution in [1.82, 2.24) is 10.3 Å². The molecule has 0 fully saturated rings. The van der Waals surface area contributed by atoms with E-state index in [0.29, 0.717) is 6.67 Å². The molecule has 11 heavy (non-hydrogen) atoms. The lowest BCUT2D eigenvalue weighted by Crippen LogP contribution is -2.33. The monoisotopic (exact) mass is 169 g/mol. The van der Waals surface area contributed by atoms with Gasteiger partial charge in [0.25, 0.3) is 0 Å². The Morgan fingerprint density at radius 1 is 1.64 bits per heavy atom. The van der Waals surface area contributed by atoms with E-state index >= 15 is 0 Å². The number of hydrogen-bond acceptors (Lipinski definition) is 3. The van der Waals surface area contributed by atoms with Crippen LogP contribution >= 0.6 is 11.8 Å². The largest absolute Gasteiger partial charge is 0.293 e. The summed E-state index contributed by atoms with van der Waals surface area (Å²) < 4.78 is 1.63. The molecular weight excluding hydrogens is 162 g/mol. The maximum absolute atomic E-state index is 5.88. The van der Waals surface area contributed by atoms with Crippen LogP contribution in [0.1, 0.15) is 5.69 Å². The quantitative estimate of drug-likeness (QED) is 0.590. The molecule has 1 N–H and O–H groups in total. The van der Waals surface area contributed by atoms with E-state index in [9.17, 15) is 0 Å². The molecule has 2 heterocycles. The number of nitrogens with one attached hydrogen (secondary N) is 1. The molecule has 0 saturated heterocycles. The van der Waals surface area contributed by atoms with Crippen LogP contribution in [0.25, 0.3) is 0 Å². The third-order valence-electron chi connectivity index (χ3n) is 1.67. The molecule has 0 atom stereocenters. The second-order valence-electron chi connectivity index (χ2n) is 2.42. The van der Waals surface area contributed by atoms with Crippen molar-refractivity contribution in [3.05, 3.63) is 24.0 Å².